The highest BCUT2D eigenvalue weighted by atomic mass is 16.5. The average molecular weight is 405 g/mol. The van der Waals surface area contributed by atoms with E-state index in [1.807, 2.05) is 54.6 Å². The summed E-state index contributed by atoms with van der Waals surface area (Å²) in [6.45, 7) is 3.09. The predicted molar refractivity (Wildman–Crippen MR) is 121 cm³/mol. The van der Waals surface area contributed by atoms with Gasteiger partial charge in [0.2, 0.25) is 0 Å². The Balaban J connectivity index is 1.63. The summed E-state index contributed by atoms with van der Waals surface area (Å²) in [5, 5.41) is 7.53. The summed E-state index contributed by atoms with van der Waals surface area (Å²) in [5.41, 5.74) is 9.66. The van der Waals surface area contributed by atoms with Crippen LogP contribution in [0, 0.1) is 5.41 Å². The van der Waals surface area contributed by atoms with Crippen molar-refractivity contribution >= 4 is 5.84 Å². The third kappa shape index (κ3) is 5.54. The van der Waals surface area contributed by atoms with Crippen LogP contribution in [0.3, 0.4) is 0 Å². The fourth-order valence-electron chi connectivity index (χ4n) is 3.19. The quantitative estimate of drug-likeness (QED) is 0.281. The van der Waals surface area contributed by atoms with E-state index in [0.717, 1.165) is 46.8 Å². The number of ether oxygens (including phenoxy) is 3. The molecule has 0 heterocycles. The van der Waals surface area contributed by atoms with Gasteiger partial charge in [0.1, 0.15) is 36.3 Å². The molecule has 0 saturated heterocycles. The van der Waals surface area contributed by atoms with Gasteiger partial charge in [-0.1, -0.05) is 43.7 Å². The first-order chi connectivity index (χ1) is 14.6. The normalized spacial score (nSPS) is 10.5. The second kappa shape index (κ2) is 10.3. The first-order valence-electron chi connectivity index (χ1n) is 10.1. The monoisotopic (exact) mass is 404 g/mol. The molecule has 0 spiro atoms. The molecule has 0 aliphatic heterocycles. The van der Waals surface area contributed by atoms with Crippen molar-refractivity contribution in [1.29, 1.82) is 5.41 Å². The first kappa shape index (κ1) is 21.2. The van der Waals surface area contributed by atoms with Gasteiger partial charge in [0, 0.05) is 5.56 Å². The molecule has 3 rings (SSSR count). The van der Waals surface area contributed by atoms with Crippen LogP contribution in [0.4, 0.5) is 0 Å². The van der Waals surface area contributed by atoms with E-state index >= 15 is 0 Å². The zero-order valence-electron chi connectivity index (χ0n) is 17.5. The van der Waals surface area contributed by atoms with E-state index in [1.54, 1.807) is 7.11 Å². The largest absolute Gasteiger partial charge is 0.497 e. The van der Waals surface area contributed by atoms with E-state index < -0.39 is 0 Å². The van der Waals surface area contributed by atoms with Gasteiger partial charge < -0.3 is 19.9 Å². The van der Waals surface area contributed by atoms with Crippen LogP contribution in [-0.4, -0.2) is 26.2 Å². The molecule has 0 fully saturated rings. The van der Waals surface area contributed by atoms with E-state index in [2.05, 4.69) is 19.1 Å². The summed E-state index contributed by atoms with van der Waals surface area (Å²) < 4.78 is 16.9. The maximum absolute atomic E-state index is 7.53. The number of aryl methyl sites for hydroxylation is 1. The molecule has 0 aliphatic rings. The summed E-state index contributed by atoms with van der Waals surface area (Å²) >= 11 is 0. The summed E-state index contributed by atoms with van der Waals surface area (Å²) in [4.78, 5) is 0. The van der Waals surface area contributed by atoms with Crippen LogP contribution >= 0.6 is 0 Å². The van der Waals surface area contributed by atoms with Gasteiger partial charge in [-0.25, -0.2) is 0 Å². The maximum atomic E-state index is 7.53. The van der Waals surface area contributed by atoms with Gasteiger partial charge in [0.15, 0.2) is 0 Å². The molecule has 156 valence electrons. The maximum Gasteiger partial charge on any atom is 0.122 e. The van der Waals surface area contributed by atoms with Gasteiger partial charge in [-0.3, -0.25) is 5.41 Å². The van der Waals surface area contributed by atoms with Crippen molar-refractivity contribution < 1.29 is 14.2 Å². The van der Waals surface area contributed by atoms with Crippen LogP contribution in [0.5, 0.6) is 17.2 Å². The fraction of sp³-hybridized carbons (Fsp3) is 0.240. The Bertz CT molecular complexity index is 967. The molecule has 0 amide bonds. The Morgan fingerprint density at radius 2 is 1.47 bits per heavy atom. The van der Waals surface area contributed by atoms with Gasteiger partial charge in [0.05, 0.1) is 7.11 Å². The van der Waals surface area contributed by atoms with E-state index in [4.69, 9.17) is 25.4 Å². The fourth-order valence-corrected chi connectivity index (χ4v) is 3.19. The number of methoxy groups -OCH3 is 1. The SMILES string of the molecule is CCCc1cc(-c2ccc(C(=N)N)cc2)ccc1OCCOc1ccc(OC)cc1. The van der Waals surface area contributed by atoms with Gasteiger partial charge >= 0.3 is 0 Å². The van der Waals surface area contributed by atoms with Crippen LogP contribution in [0.25, 0.3) is 11.1 Å². The standard InChI is InChI=1S/C25H28N2O3/c1-3-4-21-17-20(18-5-7-19(8-6-18)25(26)27)9-14-24(21)30-16-15-29-23-12-10-22(28-2)11-13-23/h5-14,17H,3-4,15-16H2,1-2H3,(H3,26,27). The van der Waals surface area contributed by atoms with E-state index in [-0.39, 0.29) is 5.84 Å². The average Bonchev–Trinajstić information content (AvgIpc) is 2.78. The topological polar surface area (TPSA) is 77.6 Å². The van der Waals surface area contributed by atoms with Crippen molar-refractivity contribution in [2.75, 3.05) is 20.3 Å². The van der Waals surface area contributed by atoms with E-state index in [0.29, 0.717) is 13.2 Å². The van der Waals surface area contributed by atoms with Crippen molar-refractivity contribution in [2.24, 2.45) is 5.73 Å². The number of hydrogen-bond donors (Lipinski definition) is 2. The van der Waals surface area contributed by atoms with Crippen LogP contribution in [0.15, 0.2) is 66.7 Å². The molecule has 5 nitrogen and oxygen atoms in total. The third-order valence-electron chi connectivity index (χ3n) is 4.78. The molecule has 3 aromatic rings. The Hall–Kier alpha value is -3.47. The minimum absolute atomic E-state index is 0.0776. The predicted octanol–water partition coefficient (Wildman–Crippen LogP) is 5.06. The Morgan fingerprint density at radius 1 is 0.833 bits per heavy atom. The molecule has 0 aromatic heterocycles. The molecule has 0 bridgehead atoms. The van der Waals surface area contributed by atoms with Gasteiger partial charge in [0.25, 0.3) is 0 Å². The minimum Gasteiger partial charge on any atom is -0.497 e. The smallest absolute Gasteiger partial charge is 0.122 e. The molecule has 0 saturated carbocycles. The molecule has 0 aliphatic carbocycles. The van der Waals surface area contributed by atoms with E-state index in [1.165, 1.54) is 5.56 Å². The molecule has 3 N–H and O–H groups in total. The third-order valence-corrected chi connectivity index (χ3v) is 4.78. The van der Waals surface area contributed by atoms with Gasteiger partial charge in [-0.15, -0.1) is 0 Å². The van der Waals surface area contributed by atoms with Crippen molar-refractivity contribution in [2.45, 2.75) is 19.8 Å². The molecule has 5 heteroatoms. The van der Waals surface area contributed by atoms with Crippen LogP contribution < -0.4 is 19.9 Å². The molecule has 0 radical (unpaired) electrons. The lowest BCUT2D eigenvalue weighted by Crippen LogP contribution is -2.10. The Morgan fingerprint density at radius 3 is 2.10 bits per heavy atom. The lowest BCUT2D eigenvalue weighted by atomic mass is 9.99. The number of benzene rings is 3. The molecule has 0 atom stereocenters. The van der Waals surface area contributed by atoms with Crippen LogP contribution in [0.2, 0.25) is 0 Å². The van der Waals surface area contributed by atoms with Gasteiger partial charge in [-0.05, 0) is 59.5 Å². The van der Waals surface area contributed by atoms with Crippen molar-refractivity contribution in [3.8, 4) is 28.4 Å². The zero-order valence-corrected chi connectivity index (χ0v) is 17.5. The van der Waals surface area contributed by atoms with Crippen LogP contribution in [-0.2, 0) is 6.42 Å². The highest BCUT2D eigenvalue weighted by molar-refractivity contribution is 5.95. The zero-order chi connectivity index (χ0) is 21.3. The number of amidine groups is 1. The lowest BCUT2D eigenvalue weighted by Gasteiger charge is -2.14. The number of nitrogens with one attached hydrogen (secondary N) is 1. The molecular weight excluding hydrogens is 376 g/mol. The molecular formula is C25H28N2O3. The minimum atomic E-state index is 0.0776. The lowest BCUT2D eigenvalue weighted by molar-refractivity contribution is 0.216. The van der Waals surface area contributed by atoms with E-state index in [9.17, 15) is 0 Å². The number of nitrogens with two attached hydrogens (primary N) is 1. The second-order valence-electron chi connectivity index (χ2n) is 6.94. The van der Waals surface area contributed by atoms with Crippen molar-refractivity contribution in [1.82, 2.24) is 0 Å². The number of rotatable bonds is 10. The van der Waals surface area contributed by atoms with Gasteiger partial charge in [-0.2, -0.15) is 0 Å². The Kier molecular flexibility index (Phi) is 7.33. The Labute approximate surface area is 177 Å². The molecule has 3 aromatic carbocycles. The van der Waals surface area contributed by atoms with Crippen LogP contribution in [0.1, 0.15) is 24.5 Å². The number of hydrogen-bond acceptors (Lipinski definition) is 4. The molecule has 0 unspecified atom stereocenters. The molecule has 30 heavy (non-hydrogen) atoms. The second-order valence-corrected chi connectivity index (χ2v) is 6.94. The summed E-state index contributed by atoms with van der Waals surface area (Å²) in [7, 11) is 1.64. The van der Waals surface area contributed by atoms with Crippen molar-refractivity contribution in [3.05, 3.63) is 77.9 Å². The summed E-state index contributed by atoms with van der Waals surface area (Å²) in [6.07, 6.45) is 1.97. The van der Waals surface area contributed by atoms with Crippen molar-refractivity contribution in [3.63, 3.8) is 0 Å². The first-order valence-corrected chi connectivity index (χ1v) is 10.1. The highest BCUT2D eigenvalue weighted by Gasteiger charge is 2.07. The summed E-state index contributed by atoms with van der Waals surface area (Å²) in [6, 6.07) is 21.5. The summed E-state index contributed by atoms with van der Waals surface area (Å²) in [5.74, 6) is 2.56. The number of nitrogen functional groups attached to an aromatic ring is 1. The highest BCUT2D eigenvalue weighted by Crippen LogP contribution is 2.28.